The Balaban J connectivity index is 1.95. The van der Waals surface area contributed by atoms with E-state index in [1.807, 2.05) is 32.0 Å². The minimum Gasteiger partial charge on any atom is -0.327 e. The summed E-state index contributed by atoms with van der Waals surface area (Å²) in [4.78, 5) is 13.7. The Hall–Kier alpha value is -1.35. The summed E-state index contributed by atoms with van der Waals surface area (Å²) in [5, 5.41) is 3.10. The summed E-state index contributed by atoms with van der Waals surface area (Å²) in [5.74, 6) is 1.59. The molecule has 2 N–H and O–H groups in total. The van der Waals surface area contributed by atoms with Gasteiger partial charge in [-0.05, 0) is 31.4 Å². The Morgan fingerprint density at radius 3 is 2.30 bits per heavy atom. The number of nitrogens with one attached hydrogen (secondary N) is 2. The van der Waals surface area contributed by atoms with Gasteiger partial charge in [0.05, 0.1) is 13.1 Å². The monoisotopic (exact) mass is 275 g/mol. The van der Waals surface area contributed by atoms with Crippen molar-refractivity contribution in [3.63, 3.8) is 0 Å². The Morgan fingerprint density at radius 2 is 1.75 bits per heavy atom. The van der Waals surface area contributed by atoms with Crippen molar-refractivity contribution >= 4 is 11.6 Å². The van der Waals surface area contributed by atoms with Crippen LogP contribution in [0.5, 0.6) is 0 Å². The third-order valence-electron chi connectivity index (χ3n) is 4.24. The summed E-state index contributed by atoms with van der Waals surface area (Å²) in [7, 11) is 0. The lowest BCUT2D eigenvalue weighted by Gasteiger charge is -2.31. The zero-order valence-corrected chi connectivity index (χ0v) is 13.1. The highest BCUT2D eigenvalue weighted by atomic mass is 16.2. The second-order valence-corrected chi connectivity index (χ2v) is 6.60. The third kappa shape index (κ3) is 3.83. The molecule has 3 heteroatoms. The highest BCUT2D eigenvalue weighted by Gasteiger charge is 2.26. The van der Waals surface area contributed by atoms with Gasteiger partial charge >= 0.3 is 0 Å². The fourth-order valence-corrected chi connectivity index (χ4v) is 3.49. The van der Waals surface area contributed by atoms with E-state index in [1.54, 1.807) is 0 Å². The first-order chi connectivity index (χ1) is 9.45. The molecule has 0 spiro atoms. The predicted molar refractivity (Wildman–Crippen MR) is 83.1 cm³/mol. The molecule has 1 heterocycles. The van der Waals surface area contributed by atoms with Crippen LogP contribution in [0.25, 0.3) is 0 Å². The van der Waals surface area contributed by atoms with Gasteiger partial charge in [0, 0.05) is 17.5 Å². The number of para-hydroxylation sites is 1. The Kier molecular flexibility index (Phi) is 4.81. The Labute approximate surface area is 122 Å². The normalized spacial score (nSPS) is 26.3. The number of rotatable bonds is 3. The fourth-order valence-electron chi connectivity index (χ4n) is 3.49. The lowest BCUT2D eigenvalue weighted by atomic mass is 9.92. The number of aryl methyl sites for hydroxylation is 2. The number of benzene rings is 1. The van der Waals surface area contributed by atoms with Crippen LogP contribution >= 0.6 is 0 Å². The molecule has 1 saturated heterocycles. The lowest BCUT2D eigenvalue weighted by Crippen LogP contribution is -3.15. The van der Waals surface area contributed by atoms with Gasteiger partial charge in [0.25, 0.3) is 5.91 Å². The van der Waals surface area contributed by atoms with Crippen molar-refractivity contribution in [1.82, 2.24) is 0 Å². The molecule has 0 aromatic heterocycles. The van der Waals surface area contributed by atoms with Crippen LogP contribution in [0.1, 0.15) is 31.4 Å². The maximum absolute atomic E-state index is 12.3. The van der Waals surface area contributed by atoms with Gasteiger partial charge in [0.2, 0.25) is 0 Å². The molecule has 20 heavy (non-hydrogen) atoms. The summed E-state index contributed by atoms with van der Waals surface area (Å²) in [6.45, 7) is 11.5. The van der Waals surface area contributed by atoms with Crippen LogP contribution in [0.4, 0.5) is 5.69 Å². The minimum absolute atomic E-state index is 0.138. The quantitative estimate of drug-likeness (QED) is 0.866. The second-order valence-electron chi connectivity index (χ2n) is 6.60. The SMILES string of the molecule is Cc1cccc(C)c1NC(=O)C[NH+]1C[C@H](C)C[C@@H](C)C1. The van der Waals surface area contributed by atoms with Gasteiger partial charge in [-0.2, -0.15) is 0 Å². The van der Waals surface area contributed by atoms with Crippen molar-refractivity contribution < 1.29 is 9.69 Å². The topological polar surface area (TPSA) is 33.5 Å². The summed E-state index contributed by atoms with van der Waals surface area (Å²) in [6, 6.07) is 6.11. The number of carbonyl (C=O) groups excluding carboxylic acids is 1. The van der Waals surface area contributed by atoms with Crippen molar-refractivity contribution in [3.8, 4) is 0 Å². The van der Waals surface area contributed by atoms with Crippen LogP contribution in [0.3, 0.4) is 0 Å². The highest BCUT2D eigenvalue weighted by Crippen LogP contribution is 2.19. The van der Waals surface area contributed by atoms with Gasteiger partial charge in [0.1, 0.15) is 0 Å². The first-order valence-corrected chi connectivity index (χ1v) is 7.65. The lowest BCUT2D eigenvalue weighted by molar-refractivity contribution is -0.904. The van der Waals surface area contributed by atoms with Gasteiger partial charge in [0.15, 0.2) is 6.54 Å². The molecule has 2 atom stereocenters. The number of hydrogen-bond donors (Lipinski definition) is 2. The maximum Gasteiger partial charge on any atom is 0.279 e. The van der Waals surface area contributed by atoms with E-state index in [9.17, 15) is 4.79 Å². The van der Waals surface area contributed by atoms with Gasteiger partial charge in [-0.1, -0.05) is 32.0 Å². The van der Waals surface area contributed by atoms with Crippen molar-refractivity contribution in [2.45, 2.75) is 34.1 Å². The molecule has 2 rings (SSSR count). The highest BCUT2D eigenvalue weighted by molar-refractivity contribution is 5.93. The number of quaternary nitrogens is 1. The van der Waals surface area contributed by atoms with Crippen molar-refractivity contribution in [3.05, 3.63) is 29.3 Å². The molecule has 1 amide bonds. The Morgan fingerprint density at radius 1 is 1.20 bits per heavy atom. The van der Waals surface area contributed by atoms with Crippen LogP contribution < -0.4 is 10.2 Å². The van der Waals surface area contributed by atoms with Crippen molar-refractivity contribution in [1.29, 1.82) is 0 Å². The van der Waals surface area contributed by atoms with Crippen molar-refractivity contribution in [2.75, 3.05) is 25.0 Å². The molecule has 0 saturated carbocycles. The van der Waals surface area contributed by atoms with Gasteiger partial charge in [-0.25, -0.2) is 0 Å². The van der Waals surface area contributed by atoms with Gasteiger partial charge in [-0.15, -0.1) is 0 Å². The standard InChI is InChI=1S/C17H26N2O/c1-12-8-13(2)10-19(9-12)11-16(20)18-17-14(3)6-5-7-15(17)4/h5-7,12-13H,8-11H2,1-4H3,(H,18,20)/p+1/t12-,13-/m1/s1. The van der Waals surface area contributed by atoms with E-state index in [4.69, 9.17) is 0 Å². The molecule has 0 unspecified atom stereocenters. The van der Waals surface area contributed by atoms with E-state index < -0.39 is 0 Å². The fraction of sp³-hybridized carbons (Fsp3) is 0.588. The molecular formula is C17H27N2O+. The molecule has 110 valence electrons. The largest absolute Gasteiger partial charge is 0.327 e. The zero-order chi connectivity index (χ0) is 14.7. The number of carbonyl (C=O) groups is 1. The van der Waals surface area contributed by atoms with Crippen LogP contribution in [-0.2, 0) is 4.79 Å². The van der Waals surface area contributed by atoms with Gasteiger partial charge in [-0.3, -0.25) is 4.79 Å². The maximum atomic E-state index is 12.3. The number of likely N-dealkylation sites (tertiary alicyclic amines) is 1. The number of amides is 1. The summed E-state index contributed by atoms with van der Waals surface area (Å²) in [6.07, 6.45) is 1.29. The molecule has 1 aliphatic heterocycles. The average molecular weight is 275 g/mol. The number of anilines is 1. The van der Waals surface area contributed by atoms with E-state index in [0.717, 1.165) is 41.7 Å². The molecule has 1 aliphatic rings. The van der Waals surface area contributed by atoms with E-state index >= 15 is 0 Å². The summed E-state index contributed by atoms with van der Waals surface area (Å²) >= 11 is 0. The molecule has 0 aliphatic carbocycles. The summed E-state index contributed by atoms with van der Waals surface area (Å²) in [5.41, 5.74) is 3.25. The smallest absolute Gasteiger partial charge is 0.279 e. The summed E-state index contributed by atoms with van der Waals surface area (Å²) < 4.78 is 0. The van der Waals surface area contributed by atoms with E-state index in [0.29, 0.717) is 6.54 Å². The van der Waals surface area contributed by atoms with Crippen LogP contribution in [0.15, 0.2) is 18.2 Å². The molecule has 1 aromatic carbocycles. The van der Waals surface area contributed by atoms with E-state index in [2.05, 4.69) is 19.2 Å². The third-order valence-corrected chi connectivity index (χ3v) is 4.24. The molecule has 1 aromatic rings. The molecular weight excluding hydrogens is 248 g/mol. The molecule has 0 radical (unpaired) electrons. The van der Waals surface area contributed by atoms with E-state index in [1.165, 1.54) is 11.3 Å². The van der Waals surface area contributed by atoms with E-state index in [-0.39, 0.29) is 5.91 Å². The number of piperidine rings is 1. The molecule has 3 nitrogen and oxygen atoms in total. The zero-order valence-electron chi connectivity index (χ0n) is 13.1. The number of hydrogen-bond acceptors (Lipinski definition) is 1. The second kappa shape index (κ2) is 6.40. The molecule has 0 bridgehead atoms. The minimum atomic E-state index is 0.138. The van der Waals surface area contributed by atoms with Crippen LogP contribution in [-0.4, -0.2) is 25.5 Å². The average Bonchev–Trinajstić information content (AvgIpc) is 2.32. The molecule has 1 fully saturated rings. The first-order valence-electron chi connectivity index (χ1n) is 7.65. The predicted octanol–water partition coefficient (Wildman–Crippen LogP) is 1.80. The van der Waals surface area contributed by atoms with Gasteiger partial charge < -0.3 is 10.2 Å². The first kappa shape index (κ1) is 15.0. The van der Waals surface area contributed by atoms with Crippen LogP contribution in [0, 0.1) is 25.7 Å². The van der Waals surface area contributed by atoms with Crippen LogP contribution in [0.2, 0.25) is 0 Å². The Bertz CT molecular complexity index is 454. The van der Waals surface area contributed by atoms with Crippen molar-refractivity contribution in [2.24, 2.45) is 11.8 Å².